The summed E-state index contributed by atoms with van der Waals surface area (Å²) < 4.78 is 0. The molecule has 1 fully saturated rings. The number of fused-ring (bicyclic) bond motifs is 2. The molecule has 0 aliphatic heterocycles. The Bertz CT molecular complexity index is 500. The molecule has 0 amide bonds. The molecular weight excluding hydrogens is 238 g/mol. The van der Waals surface area contributed by atoms with Gasteiger partial charge in [0.2, 0.25) is 6.04 Å². The zero-order valence-corrected chi connectivity index (χ0v) is 9.88. The fourth-order valence-electron chi connectivity index (χ4n) is 3.24. The average Bonchev–Trinajstić information content (AvgIpc) is 2.89. The van der Waals surface area contributed by atoms with Crippen LogP contribution in [0.15, 0.2) is 36.4 Å². The molecule has 3 nitrogen and oxygen atoms in total. The number of rotatable bonds is 2. The van der Waals surface area contributed by atoms with Crippen LogP contribution in [-0.4, -0.2) is 11.0 Å². The van der Waals surface area contributed by atoms with Crippen LogP contribution >= 0.6 is 11.6 Å². The van der Waals surface area contributed by atoms with Crippen molar-refractivity contribution in [1.29, 1.82) is 0 Å². The summed E-state index contributed by atoms with van der Waals surface area (Å²) in [6, 6.07) is 6.97. The van der Waals surface area contributed by atoms with E-state index in [1.54, 1.807) is 0 Å². The van der Waals surface area contributed by atoms with Crippen molar-refractivity contribution in [3.05, 3.63) is 57.1 Å². The zero-order chi connectivity index (χ0) is 12.0. The van der Waals surface area contributed by atoms with Crippen LogP contribution in [0.3, 0.4) is 0 Å². The fourth-order valence-corrected chi connectivity index (χ4v) is 3.51. The minimum atomic E-state index is -0.509. The molecular formula is C13H12ClNO2. The number of nitrogens with zero attached hydrogens (tertiary/aromatic N) is 1. The van der Waals surface area contributed by atoms with Crippen molar-refractivity contribution in [2.75, 3.05) is 0 Å². The normalized spacial score (nSPS) is 34.2. The van der Waals surface area contributed by atoms with Gasteiger partial charge in [0, 0.05) is 15.9 Å². The van der Waals surface area contributed by atoms with Gasteiger partial charge in [0.25, 0.3) is 0 Å². The highest BCUT2D eigenvalue weighted by Gasteiger charge is 2.52. The maximum atomic E-state index is 11.2. The molecule has 4 heteroatoms. The van der Waals surface area contributed by atoms with E-state index in [1.165, 1.54) is 0 Å². The molecule has 4 atom stereocenters. The summed E-state index contributed by atoms with van der Waals surface area (Å²) in [5, 5.41) is 11.9. The highest BCUT2D eigenvalue weighted by atomic mass is 35.5. The molecule has 2 aliphatic rings. The van der Waals surface area contributed by atoms with Gasteiger partial charge in [0.15, 0.2) is 0 Å². The Morgan fingerprint density at radius 2 is 1.94 bits per heavy atom. The standard InChI is InChI=1S/C13H12ClNO2/c14-11-4-2-1-3-10(11)12-8-5-6-9(7-8)13(12)15(16)17/h1-6,8-9,12-13H,7H2/t8?,9?,12-,13?/m0/s1. The fraction of sp³-hybridized carbons (Fsp3) is 0.385. The van der Waals surface area contributed by atoms with Crippen molar-refractivity contribution in [2.24, 2.45) is 11.8 Å². The number of nitro groups is 1. The number of hydrogen-bond donors (Lipinski definition) is 0. The summed E-state index contributed by atoms with van der Waals surface area (Å²) in [7, 11) is 0. The van der Waals surface area contributed by atoms with Gasteiger partial charge in [0.1, 0.15) is 0 Å². The SMILES string of the molecule is O=[N+]([O-])C1C2C=CC(C2)[C@H]1c1ccccc1Cl. The van der Waals surface area contributed by atoms with Gasteiger partial charge in [-0.15, -0.1) is 0 Å². The Balaban J connectivity index is 2.05. The molecule has 17 heavy (non-hydrogen) atoms. The largest absolute Gasteiger partial charge is 0.264 e. The van der Waals surface area contributed by atoms with E-state index >= 15 is 0 Å². The summed E-state index contributed by atoms with van der Waals surface area (Å²) in [6.07, 6.45) is 4.99. The average molecular weight is 250 g/mol. The molecule has 3 rings (SSSR count). The number of halogens is 1. The third-order valence-electron chi connectivity index (χ3n) is 3.93. The van der Waals surface area contributed by atoms with Crippen LogP contribution in [0.5, 0.6) is 0 Å². The summed E-state index contributed by atoms with van der Waals surface area (Å²) in [6.45, 7) is 0. The molecule has 0 radical (unpaired) electrons. The lowest BCUT2D eigenvalue weighted by Gasteiger charge is -2.22. The maximum Gasteiger partial charge on any atom is 0.226 e. The van der Waals surface area contributed by atoms with Crippen LogP contribution in [0, 0.1) is 22.0 Å². The Morgan fingerprint density at radius 1 is 1.24 bits per heavy atom. The molecule has 2 bridgehead atoms. The molecule has 3 unspecified atom stereocenters. The van der Waals surface area contributed by atoms with E-state index in [1.807, 2.05) is 30.3 Å². The van der Waals surface area contributed by atoms with E-state index in [2.05, 4.69) is 6.08 Å². The van der Waals surface area contributed by atoms with E-state index < -0.39 is 6.04 Å². The quantitative estimate of drug-likeness (QED) is 0.459. The van der Waals surface area contributed by atoms with Gasteiger partial charge >= 0.3 is 0 Å². The van der Waals surface area contributed by atoms with Gasteiger partial charge < -0.3 is 0 Å². The predicted molar refractivity (Wildman–Crippen MR) is 65.7 cm³/mol. The third-order valence-corrected chi connectivity index (χ3v) is 4.27. The van der Waals surface area contributed by atoms with E-state index in [4.69, 9.17) is 11.6 Å². The molecule has 0 heterocycles. The van der Waals surface area contributed by atoms with Crippen molar-refractivity contribution in [3.8, 4) is 0 Å². The van der Waals surface area contributed by atoms with Gasteiger partial charge in [-0.1, -0.05) is 42.0 Å². The lowest BCUT2D eigenvalue weighted by molar-refractivity contribution is -0.530. The first kappa shape index (κ1) is 10.8. The van der Waals surface area contributed by atoms with Gasteiger partial charge in [-0.2, -0.15) is 0 Å². The number of benzene rings is 1. The molecule has 0 N–H and O–H groups in total. The van der Waals surface area contributed by atoms with Crippen LogP contribution in [0.1, 0.15) is 17.9 Å². The Labute approximate surface area is 104 Å². The lowest BCUT2D eigenvalue weighted by Crippen LogP contribution is -2.31. The van der Waals surface area contributed by atoms with Crippen molar-refractivity contribution in [1.82, 2.24) is 0 Å². The first-order valence-electron chi connectivity index (χ1n) is 5.74. The number of allylic oxidation sites excluding steroid dienone is 1. The van der Waals surface area contributed by atoms with Gasteiger partial charge in [-0.25, -0.2) is 0 Å². The van der Waals surface area contributed by atoms with Gasteiger partial charge in [-0.05, 0) is 24.0 Å². The molecule has 1 aromatic rings. The first-order chi connectivity index (χ1) is 8.18. The zero-order valence-electron chi connectivity index (χ0n) is 9.12. The lowest BCUT2D eigenvalue weighted by atomic mass is 9.83. The van der Waals surface area contributed by atoms with Crippen LogP contribution < -0.4 is 0 Å². The summed E-state index contributed by atoms with van der Waals surface area (Å²) in [5.74, 6) is 0.292. The smallest absolute Gasteiger partial charge is 0.226 e. The predicted octanol–water partition coefficient (Wildman–Crippen LogP) is 3.27. The Hall–Kier alpha value is -1.35. The Morgan fingerprint density at radius 3 is 2.65 bits per heavy atom. The third kappa shape index (κ3) is 1.57. The highest BCUT2D eigenvalue weighted by molar-refractivity contribution is 6.31. The molecule has 0 aromatic heterocycles. The highest BCUT2D eigenvalue weighted by Crippen LogP contribution is 2.51. The van der Waals surface area contributed by atoms with Gasteiger partial charge in [-0.3, -0.25) is 10.1 Å². The first-order valence-corrected chi connectivity index (χ1v) is 6.12. The number of hydrogen-bond acceptors (Lipinski definition) is 2. The Kier molecular flexibility index (Phi) is 2.44. The second-order valence-electron chi connectivity index (χ2n) is 4.77. The van der Waals surface area contributed by atoms with Crippen molar-refractivity contribution >= 4 is 11.6 Å². The summed E-state index contributed by atoms with van der Waals surface area (Å²) in [5.41, 5.74) is 0.924. The minimum Gasteiger partial charge on any atom is -0.264 e. The minimum absolute atomic E-state index is 0.0614. The summed E-state index contributed by atoms with van der Waals surface area (Å²) >= 11 is 6.16. The molecule has 88 valence electrons. The van der Waals surface area contributed by atoms with Crippen LogP contribution in [0.4, 0.5) is 0 Å². The van der Waals surface area contributed by atoms with E-state index in [0.29, 0.717) is 5.02 Å². The van der Waals surface area contributed by atoms with Crippen molar-refractivity contribution in [3.63, 3.8) is 0 Å². The molecule has 2 aliphatic carbocycles. The van der Waals surface area contributed by atoms with Crippen LogP contribution in [0.25, 0.3) is 0 Å². The maximum absolute atomic E-state index is 11.2. The van der Waals surface area contributed by atoms with E-state index in [0.717, 1.165) is 12.0 Å². The van der Waals surface area contributed by atoms with Gasteiger partial charge in [0.05, 0.1) is 5.92 Å². The van der Waals surface area contributed by atoms with Crippen LogP contribution in [0.2, 0.25) is 5.02 Å². The van der Waals surface area contributed by atoms with Crippen molar-refractivity contribution in [2.45, 2.75) is 18.4 Å². The monoisotopic (exact) mass is 249 g/mol. The molecule has 0 spiro atoms. The van der Waals surface area contributed by atoms with E-state index in [9.17, 15) is 10.1 Å². The van der Waals surface area contributed by atoms with Crippen molar-refractivity contribution < 1.29 is 4.92 Å². The topological polar surface area (TPSA) is 43.1 Å². The van der Waals surface area contributed by atoms with E-state index in [-0.39, 0.29) is 22.7 Å². The molecule has 0 saturated heterocycles. The second-order valence-corrected chi connectivity index (χ2v) is 5.18. The van der Waals surface area contributed by atoms with Crippen LogP contribution in [-0.2, 0) is 0 Å². The second kappa shape index (κ2) is 3.84. The molecule has 1 aromatic carbocycles. The molecule has 1 saturated carbocycles. The summed E-state index contributed by atoms with van der Waals surface area (Å²) in [4.78, 5) is 11.1.